The van der Waals surface area contributed by atoms with Gasteiger partial charge in [-0.3, -0.25) is 20.0 Å². The number of carbonyl (C=O) groups excluding carboxylic acids is 2. The van der Waals surface area contributed by atoms with Gasteiger partial charge in [-0.1, -0.05) is 13.3 Å². The molecular formula is C38H50N10O3. The topological polar surface area (TPSA) is 179 Å². The number of pyridine rings is 1. The summed E-state index contributed by atoms with van der Waals surface area (Å²) in [5, 5.41) is 12.2. The van der Waals surface area contributed by atoms with E-state index in [0.717, 1.165) is 30.8 Å². The van der Waals surface area contributed by atoms with E-state index in [-0.39, 0.29) is 30.2 Å². The van der Waals surface area contributed by atoms with Crippen LogP contribution in [0.5, 0.6) is 5.88 Å². The molecule has 0 spiro atoms. The van der Waals surface area contributed by atoms with E-state index < -0.39 is 5.41 Å². The van der Waals surface area contributed by atoms with Crippen LogP contribution in [-0.2, 0) is 9.59 Å². The lowest BCUT2D eigenvalue weighted by Crippen LogP contribution is -2.52. The lowest BCUT2D eigenvalue weighted by molar-refractivity contribution is -0.131. The summed E-state index contributed by atoms with van der Waals surface area (Å²) < 4.78 is 5.64. The Balaban J connectivity index is 1.16. The van der Waals surface area contributed by atoms with Gasteiger partial charge in [0.1, 0.15) is 12.2 Å². The number of anilines is 3. The summed E-state index contributed by atoms with van der Waals surface area (Å²) in [7, 11) is 1.64. The number of rotatable bonds is 14. The van der Waals surface area contributed by atoms with Gasteiger partial charge < -0.3 is 36.2 Å². The second-order valence-electron chi connectivity index (χ2n) is 13.3. The van der Waals surface area contributed by atoms with Crippen LogP contribution >= 0.6 is 0 Å². The first-order valence-corrected chi connectivity index (χ1v) is 17.6. The van der Waals surface area contributed by atoms with Gasteiger partial charge in [0, 0.05) is 92.3 Å². The predicted octanol–water partition coefficient (Wildman–Crippen LogP) is 3.69. The number of nitrogens with zero attached hydrogens (tertiary/aromatic N) is 6. The summed E-state index contributed by atoms with van der Waals surface area (Å²) in [6, 6.07) is 16.8. The molecule has 270 valence electrons. The highest BCUT2D eigenvalue weighted by atomic mass is 16.5. The van der Waals surface area contributed by atoms with Crippen molar-refractivity contribution in [1.29, 1.82) is 5.41 Å². The van der Waals surface area contributed by atoms with E-state index in [4.69, 9.17) is 21.6 Å². The van der Waals surface area contributed by atoms with Crippen LogP contribution < -0.4 is 31.3 Å². The lowest BCUT2D eigenvalue weighted by Gasteiger charge is -2.36. The molecule has 0 saturated carbocycles. The number of aromatic nitrogens is 1. The van der Waals surface area contributed by atoms with Crippen LogP contribution in [0.2, 0.25) is 0 Å². The van der Waals surface area contributed by atoms with E-state index in [1.807, 2.05) is 55.1 Å². The zero-order valence-electron chi connectivity index (χ0n) is 30.1. The molecule has 13 heteroatoms. The van der Waals surface area contributed by atoms with Crippen LogP contribution in [0.1, 0.15) is 56.7 Å². The minimum absolute atomic E-state index is 0.00488. The highest BCUT2D eigenvalue weighted by molar-refractivity contribution is 6.14. The van der Waals surface area contributed by atoms with Crippen LogP contribution in [-0.4, -0.2) is 98.5 Å². The van der Waals surface area contributed by atoms with E-state index in [0.29, 0.717) is 73.2 Å². The number of benzene rings is 2. The second-order valence-corrected chi connectivity index (χ2v) is 13.3. The Hall–Kier alpha value is -5.30. The van der Waals surface area contributed by atoms with Gasteiger partial charge in [-0.25, -0.2) is 9.98 Å². The maximum atomic E-state index is 14.1. The Morgan fingerprint density at radius 2 is 1.76 bits per heavy atom. The van der Waals surface area contributed by atoms with Crippen molar-refractivity contribution in [1.82, 2.24) is 15.2 Å². The molecule has 13 nitrogen and oxygen atoms in total. The van der Waals surface area contributed by atoms with E-state index in [2.05, 4.69) is 32.1 Å². The molecule has 51 heavy (non-hydrogen) atoms. The molecule has 6 N–H and O–H groups in total. The first kappa shape index (κ1) is 37.0. The van der Waals surface area contributed by atoms with Gasteiger partial charge in [0.2, 0.25) is 17.7 Å². The number of amidine groups is 1. The third kappa shape index (κ3) is 8.72. The van der Waals surface area contributed by atoms with Crippen LogP contribution in [0.4, 0.5) is 17.1 Å². The number of aliphatic imine (C=N–C) groups is 2. The van der Waals surface area contributed by atoms with Crippen LogP contribution in [0, 0.1) is 10.8 Å². The van der Waals surface area contributed by atoms with Gasteiger partial charge in [0.05, 0.1) is 23.8 Å². The monoisotopic (exact) mass is 694 g/mol. The van der Waals surface area contributed by atoms with Crippen LogP contribution in [0.15, 0.2) is 70.8 Å². The second kappa shape index (κ2) is 16.6. The van der Waals surface area contributed by atoms with Crippen molar-refractivity contribution in [2.24, 2.45) is 21.1 Å². The first-order chi connectivity index (χ1) is 24.5. The summed E-state index contributed by atoms with van der Waals surface area (Å²) >= 11 is 0. The minimum atomic E-state index is -0.622. The Kier molecular flexibility index (Phi) is 12.0. The molecule has 2 aliphatic heterocycles. The van der Waals surface area contributed by atoms with E-state index in [1.165, 1.54) is 6.34 Å². The SMILES string of the molecule is CCC[C@@]1(CNCC(=O)N2CCN(c3ccc(C(N)=NC=NC)cc3)CC2)CCN(c2ccc(N)c(C(=N)c3ccc(OC(C)C)nc3)c2)C1=O. The van der Waals surface area contributed by atoms with Gasteiger partial charge >= 0.3 is 0 Å². The lowest BCUT2D eigenvalue weighted by atomic mass is 9.81. The van der Waals surface area contributed by atoms with Gasteiger partial charge in [-0.15, -0.1) is 0 Å². The number of hydrogen-bond acceptors (Lipinski definition) is 9. The van der Waals surface area contributed by atoms with Crippen LogP contribution in [0.25, 0.3) is 0 Å². The summed E-state index contributed by atoms with van der Waals surface area (Å²) in [5.41, 5.74) is 16.1. The molecular weight excluding hydrogens is 644 g/mol. The van der Waals surface area contributed by atoms with E-state index >= 15 is 0 Å². The molecule has 3 heterocycles. The summed E-state index contributed by atoms with van der Waals surface area (Å²) in [5.74, 6) is 0.952. The van der Waals surface area contributed by atoms with Gasteiger partial charge in [0.25, 0.3) is 0 Å². The molecule has 2 saturated heterocycles. The Morgan fingerprint density at radius 3 is 2.41 bits per heavy atom. The number of piperazine rings is 1. The molecule has 2 aromatic carbocycles. The van der Waals surface area contributed by atoms with Crippen molar-refractivity contribution in [3.8, 4) is 5.88 Å². The number of nitrogens with two attached hydrogens (primary N) is 2. The highest BCUT2D eigenvalue weighted by Gasteiger charge is 2.46. The molecule has 0 radical (unpaired) electrons. The summed E-state index contributed by atoms with van der Waals surface area (Å²) in [4.78, 5) is 45.5. The molecule has 1 atom stereocenters. The zero-order valence-corrected chi connectivity index (χ0v) is 30.1. The Bertz CT molecular complexity index is 1750. The van der Waals surface area contributed by atoms with E-state index in [9.17, 15) is 9.59 Å². The molecule has 3 aromatic rings. The van der Waals surface area contributed by atoms with Crippen LogP contribution in [0.3, 0.4) is 0 Å². The standard InChI is InChI=1S/C38H50N10O3/c1-5-14-38(24-43-23-34(49)47-19-17-46(18-20-47)29-9-6-27(7-10-29)36(41)45-25-42-4)15-16-48(37(38)50)30-11-12-32(39)31(21-30)35(40)28-8-13-33(44-22-28)51-26(2)3/h6-13,21-22,25-26,40,43H,5,14-20,23-24,39H2,1-4H3,(H2,41,42,45)/t38-/m0/s1. The fraction of sp³-hybridized carbons (Fsp3) is 0.421. The number of nitrogen functional groups attached to an aromatic ring is 1. The third-order valence-electron chi connectivity index (χ3n) is 9.45. The molecule has 1 aromatic heterocycles. The van der Waals surface area contributed by atoms with Gasteiger partial charge in [-0.2, -0.15) is 0 Å². The quantitative estimate of drug-likeness (QED) is 0.112. The van der Waals surface area contributed by atoms with E-state index in [1.54, 1.807) is 36.3 Å². The van der Waals surface area contributed by atoms with Crippen molar-refractivity contribution in [3.63, 3.8) is 0 Å². The zero-order chi connectivity index (χ0) is 36.5. The number of amides is 2. The molecule has 0 unspecified atom stereocenters. The molecule has 5 rings (SSSR count). The Morgan fingerprint density at radius 1 is 1.06 bits per heavy atom. The van der Waals surface area contributed by atoms with Crippen molar-refractivity contribution in [2.75, 3.05) is 68.4 Å². The number of hydrogen-bond donors (Lipinski definition) is 4. The smallest absolute Gasteiger partial charge is 0.236 e. The van der Waals surface area contributed by atoms with Crippen molar-refractivity contribution >= 4 is 46.8 Å². The fourth-order valence-electron chi connectivity index (χ4n) is 6.73. The van der Waals surface area contributed by atoms with Crippen molar-refractivity contribution in [2.45, 2.75) is 46.1 Å². The highest BCUT2D eigenvalue weighted by Crippen LogP contribution is 2.39. The maximum absolute atomic E-state index is 14.1. The predicted molar refractivity (Wildman–Crippen MR) is 204 cm³/mol. The largest absolute Gasteiger partial charge is 0.475 e. The first-order valence-electron chi connectivity index (χ1n) is 17.6. The number of nitrogens with one attached hydrogen (secondary N) is 2. The van der Waals surface area contributed by atoms with Crippen molar-refractivity contribution in [3.05, 3.63) is 77.5 Å². The number of ether oxygens (including phenoxy) is 1. The van der Waals surface area contributed by atoms with Crippen molar-refractivity contribution < 1.29 is 14.3 Å². The molecule has 2 fully saturated rings. The maximum Gasteiger partial charge on any atom is 0.236 e. The minimum Gasteiger partial charge on any atom is -0.475 e. The summed E-state index contributed by atoms with van der Waals surface area (Å²) in [6.45, 7) is 9.75. The molecule has 0 bridgehead atoms. The average Bonchev–Trinajstić information content (AvgIpc) is 3.45. The average molecular weight is 695 g/mol. The fourth-order valence-corrected chi connectivity index (χ4v) is 6.73. The number of carbonyl (C=O) groups is 2. The Labute approximate surface area is 300 Å². The molecule has 0 aliphatic carbocycles. The third-order valence-corrected chi connectivity index (χ3v) is 9.45. The van der Waals surface area contributed by atoms with Gasteiger partial charge in [0.15, 0.2) is 0 Å². The normalized spacial score (nSPS) is 18.3. The summed E-state index contributed by atoms with van der Waals surface area (Å²) in [6.07, 6.45) is 5.23. The molecule has 2 amide bonds. The molecule has 2 aliphatic rings. The van der Waals surface area contributed by atoms with Gasteiger partial charge in [-0.05, 0) is 75.2 Å².